The number of ether oxygens (including phenoxy) is 1. The fourth-order valence-corrected chi connectivity index (χ4v) is 3.06. The summed E-state index contributed by atoms with van der Waals surface area (Å²) in [5, 5.41) is 4.14. The summed E-state index contributed by atoms with van der Waals surface area (Å²) in [6.07, 6.45) is 1.50. The van der Waals surface area contributed by atoms with Crippen LogP contribution in [0.25, 0.3) is 5.69 Å². The van der Waals surface area contributed by atoms with Crippen LogP contribution in [0.1, 0.15) is 0 Å². The van der Waals surface area contributed by atoms with Crippen molar-refractivity contribution >= 4 is 15.9 Å². The van der Waals surface area contributed by atoms with Crippen molar-refractivity contribution in [3.8, 4) is 11.7 Å². The summed E-state index contributed by atoms with van der Waals surface area (Å²) in [6.45, 7) is -0.190. The second kappa shape index (κ2) is 7.14. The number of benzene rings is 2. The number of aromatic nitrogens is 3. The third kappa shape index (κ3) is 4.21. The lowest BCUT2D eigenvalue weighted by Gasteiger charge is -2.00. The minimum Gasteiger partial charge on any atom is -0.449 e. The number of amidine groups is 1. The Morgan fingerprint density at radius 3 is 2.40 bits per heavy atom. The second-order valence-electron chi connectivity index (χ2n) is 5.04. The molecule has 0 fully saturated rings. The molecule has 0 atom stereocenters. The highest BCUT2D eigenvalue weighted by Crippen LogP contribution is 2.08. The first-order valence-corrected chi connectivity index (χ1v) is 8.82. The van der Waals surface area contributed by atoms with Gasteiger partial charge < -0.3 is 4.74 Å². The maximum atomic E-state index is 12.1. The van der Waals surface area contributed by atoms with Crippen LogP contribution in [0, 0.1) is 0 Å². The summed E-state index contributed by atoms with van der Waals surface area (Å²) in [7, 11) is -3.74. The van der Waals surface area contributed by atoms with Gasteiger partial charge in [-0.25, -0.2) is 4.68 Å². The summed E-state index contributed by atoms with van der Waals surface area (Å²) in [5.41, 5.74) is 6.53. The molecule has 1 heterocycles. The number of nitrogens with zero attached hydrogens (tertiary/aromatic N) is 3. The van der Waals surface area contributed by atoms with Gasteiger partial charge in [0, 0.05) is 0 Å². The largest absolute Gasteiger partial charge is 0.449 e. The Morgan fingerprint density at radius 2 is 1.72 bits per heavy atom. The van der Waals surface area contributed by atoms with Crippen molar-refractivity contribution in [2.75, 3.05) is 6.61 Å². The highest BCUT2D eigenvalue weighted by molar-refractivity contribution is 7.84. The van der Waals surface area contributed by atoms with Crippen LogP contribution in [0.2, 0.25) is 0 Å². The first-order valence-electron chi connectivity index (χ1n) is 7.34. The maximum absolute atomic E-state index is 12.1. The maximum Gasteiger partial charge on any atom is 0.336 e. The third-order valence-corrected chi connectivity index (χ3v) is 4.59. The van der Waals surface area contributed by atoms with Crippen molar-refractivity contribution in [3.63, 3.8) is 0 Å². The SMILES string of the molecule is NC(COc1ncn(-c2ccccc2)n1)=[NH+]S(=O)(=O)c1ccccc1. The molecule has 3 aromatic rings. The number of para-hydroxylation sites is 1. The van der Waals surface area contributed by atoms with Crippen LogP contribution in [0.5, 0.6) is 6.01 Å². The van der Waals surface area contributed by atoms with Gasteiger partial charge in [-0.1, -0.05) is 36.4 Å². The summed E-state index contributed by atoms with van der Waals surface area (Å²) < 4.78 is 33.4. The zero-order chi connectivity index (χ0) is 17.7. The topological polar surface area (TPSA) is 114 Å². The zero-order valence-electron chi connectivity index (χ0n) is 13.1. The molecule has 0 amide bonds. The lowest BCUT2D eigenvalue weighted by Crippen LogP contribution is -2.79. The van der Waals surface area contributed by atoms with E-state index in [1.54, 1.807) is 22.9 Å². The van der Waals surface area contributed by atoms with E-state index in [0.29, 0.717) is 0 Å². The summed E-state index contributed by atoms with van der Waals surface area (Å²) >= 11 is 0. The number of nitrogens with two attached hydrogens (primary N) is 1. The van der Waals surface area contributed by atoms with Crippen LogP contribution in [0.3, 0.4) is 0 Å². The van der Waals surface area contributed by atoms with Crippen molar-refractivity contribution in [3.05, 3.63) is 67.0 Å². The predicted molar refractivity (Wildman–Crippen MR) is 90.6 cm³/mol. The Morgan fingerprint density at radius 1 is 1.08 bits per heavy atom. The van der Waals surface area contributed by atoms with Gasteiger partial charge >= 0.3 is 16.0 Å². The lowest BCUT2D eigenvalue weighted by atomic mass is 10.3. The van der Waals surface area contributed by atoms with Crippen molar-refractivity contribution in [1.29, 1.82) is 0 Å². The monoisotopic (exact) mass is 358 g/mol. The molecule has 1 aromatic heterocycles. The molecule has 0 bridgehead atoms. The Labute approximate surface area is 144 Å². The quantitative estimate of drug-likeness (QED) is 0.452. The molecule has 3 N–H and O–H groups in total. The minimum absolute atomic E-state index is 0.0695. The van der Waals surface area contributed by atoms with E-state index in [1.165, 1.54) is 18.5 Å². The van der Waals surface area contributed by atoms with E-state index in [0.717, 1.165) is 5.69 Å². The van der Waals surface area contributed by atoms with Crippen LogP contribution in [-0.2, 0) is 10.0 Å². The molecule has 3 rings (SSSR count). The average molecular weight is 358 g/mol. The Balaban J connectivity index is 1.67. The molecular weight excluding hydrogens is 342 g/mol. The van der Waals surface area contributed by atoms with E-state index in [-0.39, 0.29) is 23.3 Å². The van der Waals surface area contributed by atoms with E-state index in [9.17, 15) is 8.42 Å². The zero-order valence-corrected chi connectivity index (χ0v) is 13.9. The van der Waals surface area contributed by atoms with Crippen molar-refractivity contribution in [1.82, 2.24) is 14.8 Å². The van der Waals surface area contributed by atoms with E-state index >= 15 is 0 Å². The second-order valence-corrected chi connectivity index (χ2v) is 6.72. The van der Waals surface area contributed by atoms with E-state index in [2.05, 4.69) is 14.5 Å². The standard InChI is InChI=1S/C16H15N5O3S/c17-15(20-25(22,23)14-9-5-2-6-10-14)11-24-16-18-12-21(19-16)13-7-3-1-4-8-13/h1-10,12H,11H2,(H2,17,20)/p+1. The fourth-order valence-electron chi connectivity index (χ4n) is 2.02. The van der Waals surface area contributed by atoms with Gasteiger partial charge in [0.2, 0.25) is 0 Å². The smallest absolute Gasteiger partial charge is 0.336 e. The first kappa shape index (κ1) is 16.7. The predicted octanol–water partition coefficient (Wildman–Crippen LogP) is -0.527. The summed E-state index contributed by atoms with van der Waals surface area (Å²) in [4.78, 5) is 4.12. The number of hydrogen-bond donors (Lipinski definition) is 2. The molecule has 128 valence electrons. The Hall–Kier alpha value is -3.20. The molecule has 0 spiro atoms. The average Bonchev–Trinajstić information content (AvgIpc) is 3.10. The van der Waals surface area contributed by atoms with Crippen LogP contribution in [-0.4, -0.2) is 35.6 Å². The first-order chi connectivity index (χ1) is 12.0. The van der Waals surface area contributed by atoms with Gasteiger partial charge in [0.15, 0.2) is 6.61 Å². The Bertz CT molecular complexity index is 969. The molecule has 0 aliphatic heterocycles. The highest BCUT2D eigenvalue weighted by Gasteiger charge is 2.16. The van der Waals surface area contributed by atoms with E-state index < -0.39 is 10.0 Å². The molecule has 8 nitrogen and oxygen atoms in total. The van der Waals surface area contributed by atoms with E-state index in [4.69, 9.17) is 10.5 Å². The van der Waals surface area contributed by atoms with Crippen LogP contribution in [0.4, 0.5) is 0 Å². The molecule has 25 heavy (non-hydrogen) atoms. The normalized spacial score (nSPS) is 12.1. The number of hydrogen-bond acceptors (Lipinski definition) is 5. The number of sulfonamides is 1. The Kier molecular flexibility index (Phi) is 4.75. The minimum atomic E-state index is -3.74. The van der Waals surface area contributed by atoms with Gasteiger partial charge in [0.1, 0.15) is 11.2 Å². The molecule has 0 unspecified atom stereocenters. The van der Waals surface area contributed by atoms with Gasteiger partial charge in [-0.2, -0.15) is 17.8 Å². The number of rotatable bonds is 6. The van der Waals surface area contributed by atoms with Gasteiger partial charge in [0.25, 0.3) is 5.84 Å². The summed E-state index contributed by atoms with van der Waals surface area (Å²) in [5.74, 6) is -0.0695. The van der Waals surface area contributed by atoms with Crippen LogP contribution >= 0.6 is 0 Å². The van der Waals surface area contributed by atoms with Gasteiger partial charge in [0.05, 0.1) is 5.69 Å². The molecule has 0 saturated heterocycles. The van der Waals surface area contributed by atoms with E-state index in [1.807, 2.05) is 30.3 Å². The van der Waals surface area contributed by atoms with Crippen LogP contribution in [0.15, 0.2) is 71.9 Å². The lowest BCUT2D eigenvalue weighted by molar-refractivity contribution is -0.271. The summed E-state index contributed by atoms with van der Waals surface area (Å²) in [6, 6.07) is 17.4. The van der Waals surface area contributed by atoms with Gasteiger partial charge in [-0.05, 0) is 24.3 Å². The molecule has 2 aromatic carbocycles. The van der Waals surface area contributed by atoms with Crippen LogP contribution < -0.4 is 14.9 Å². The fraction of sp³-hybridized carbons (Fsp3) is 0.0625. The molecule has 0 aliphatic rings. The van der Waals surface area contributed by atoms with Gasteiger partial charge in [-0.15, -0.1) is 5.10 Å². The molecule has 0 aliphatic carbocycles. The molecule has 0 saturated carbocycles. The van der Waals surface area contributed by atoms with Gasteiger partial charge in [-0.3, -0.25) is 5.73 Å². The molecule has 9 heteroatoms. The third-order valence-electron chi connectivity index (χ3n) is 3.17. The van der Waals surface area contributed by atoms with Crippen molar-refractivity contribution < 1.29 is 17.6 Å². The number of nitrogens with one attached hydrogen (secondary N) is 1. The molecular formula is C16H16N5O3S+. The van der Waals surface area contributed by atoms with Crippen molar-refractivity contribution in [2.45, 2.75) is 4.90 Å². The van der Waals surface area contributed by atoms with Crippen molar-refractivity contribution in [2.24, 2.45) is 5.73 Å². The molecule has 0 radical (unpaired) electrons. The highest BCUT2D eigenvalue weighted by atomic mass is 32.2.